The lowest BCUT2D eigenvalue weighted by atomic mass is 10.1. The highest BCUT2D eigenvalue weighted by Crippen LogP contribution is 2.07. The number of hydrogen-bond donors (Lipinski definition) is 2. The molecule has 21 heavy (non-hydrogen) atoms. The third-order valence-electron chi connectivity index (χ3n) is 3.27. The van der Waals surface area contributed by atoms with Gasteiger partial charge in [0.15, 0.2) is 0 Å². The van der Waals surface area contributed by atoms with Crippen molar-refractivity contribution in [3.63, 3.8) is 0 Å². The van der Waals surface area contributed by atoms with Gasteiger partial charge in [-0.05, 0) is 18.7 Å². The Kier molecular flexibility index (Phi) is 7.08. The minimum atomic E-state index is -1.03. The summed E-state index contributed by atoms with van der Waals surface area (Å²) in [7, 11) is 1.68. The van der Waals surface area contributed by atoms with Crippen LogP contribution in [0.15, 0.2) is 30.3 Å². The number of nitrogens with zero attached hydrogens (tertiary/aromatic N) is 1. The Bertz CT molecular complexity index is 467. The molecule has 6 heteroatoms. The number of carbonyl (C=O) groups excluding carboxylic acids is 1. The number of hydrogen-bond acceptors (Lipinski definition) is 3. The van der Waals surface area contributed by atoms with Gasteiger partial charge in [-0.1, -0.05) is 30.3 Å². The smallest absolute Gasteiger partial charge is 0.326 e. The molecular weight excluding hydrogens is 288 g/mol. The van der Waals surface area contributed by atoms with E-state index in [4.69, 9.17) is 0 Å². The van der Waals surface area contributed by atoms with Crippen molar-refractivity contribution in [2.75, 3.05) is 19.1 Å². The molecule has 0 aliphatic carbocycles. The summed E-state index contributed by atoms with van der Waals surface area (Å²) in [4.78, 5) is 25.0. The first-order valence-corrected chi connectivity index (χ1v) is 8.14. The lowest BCUT2D eigenvalue weighted by Crippen LogP contribution is -2.50. The first-order chi connectivity index (χ1) is 9.95. The lowest BCUT2D eigenvalue weighted by molar-refractivity contribution is -0.139. The van der Waals surface area contributed by atoms with Crippen molar-refractivity contribution in [1.82, 2.24) is 10.2 Å². The van der Waals surface area contributed by atoms with Gasteiger partial charge in [-0.25, -0.2) is 9.59 Å². The van der Waals surface area contributed by atoms with Crippen molar-refractivity contribution in [1.29, 1.82) is 0 Å². The Hall–Kier alpha value is -1.69. The van der Waals surface area contributed by atoms with Crippen molar-refractivity contribution in [2.24, 2.45) is 0 Å². The van der Waals surface area contributed by atoms with E-state index in [-0.39, 0.29) is 18.5 Å². The van der Waals surface area contributed by atoms with E-state index < -0.39 is 12.0 Å². The average molecular weight is 310 g/mol. The molecule has 0 bridgehead atoms. The molecule has 5 nitrogen and oxygen atoms in total. The SMILES string of the molecule is CSCC(C)N(C)C(=O)N[C@H](Cc1ccccc1)C(=O)O. The molecule has 0 fully saturated rings. The highest BCUT2D eigenvalue weighted by molar-refractivity contribution is 7.98. The quantitative estimate of drug-likeness (QED) is 0.809. The normalized spacial score (nSPS) is 13.3. The minimum absolute atomic E-state index is 0.0474. The van der Waals surface area contributed by atoms with Crippen LogP contribution in [0.25, 0.3) is 0 Å². The zero-order valence-corrected chi connectivity index (χ0v) is 13.4. The molecule has 0 saturated carbocycles. The Morgan fingerprint density at radius 2 is 1.95 bits per heavy atom. The van der Waals surface area contributed by atoms with Crippen LogP contribution in [0.3, 0.4) is 0 Å². The second-order valence-electron chi connectivity index (χ2n) is 4.95. The first kappa shape index (κ1) is 17.4. The number of benzene rings is 1. The number of carboxylic acid groups (broad SMARTS) is 1. The van der Waals surface area contributed by atoms with E-state index >= 15 is 0 Å². The first-order valence-electron chi connectivity index (χ1n) is 6.74. The molecule has 2 N–H and O–H groups in total. The summed E-state index contributed by atoms with van der Waals surface area (Å²) >= 11 is 1.65. The largest absolute Gasteiger partial charge is 0.480 e. The topological polar surface area (TPSA) is 69.6 Å². The van der Waals surface area contributed by atoms with Gasteiger partial charge in [-0.3, -0.25) is 0 Å². The predicted molar refractivity (Wildman–Crippen MR) is 85.7 cm³/mol. The van der Waals surface area contributed by atoms with Gasteiger partial charge in [0.25, 0.3) is 0 Å². The Labute approximate surface area is 129 Å². The summed E-state index contributed by atoms with van der Waals surface area (Å²) in [5.41, 5.74) is 0.880. The van der Waals surface area contributed by atoms with E-state index in [9.17, 15) is 14.7 Å². The van der Waals surface area contributed by atoms with Gasteiger partial charge in [0.2, 0.25) is 0 Å². The minimum Gasteiger partial charge on any atom is -0.480 e. The molecule has 0 saturated heterocycles. The highest BCUT2D eigenvalue weighted by Gasteiger charge is 2.23. The van der Waals surface area contributed by atoms with Gasteiger partial charge in [-0.15, -0.1) is 0 Å². The molecule has 1 aromatic carbocycles. The number of amides is 2. The lowest BCUT2D eigenvalue weighted by Gasteiger charge is -2.26. The number of urea groups is 1. The van der Waals surface area contributed by atoms with Crippen LogP contribution in [-0.4, -0.2) is 53.1 Å². The van der Waals surface area contributed by atoms with Gasteiger partial charge < -0.3 is 15.3 Å². The van der Waals surface area contributed by atoms with E-state index in [1.165, 1.54) is 4.90 Å². The van der Waals surface area contributed by atoms with Gasteiger partial charge in [0, 0.05) is 25.3 Å². The van der Waals surface area contributed by atoms with Crippen LogP contribution in [-0.2, 0) is 11.2 Å². The third kappa shape index (κ3) is 5.67. The maximum Gasteiger partial charge on any atom is 0.326 e. The second-order valence-corrected chi connectivity index (χ2v) is 5.86. The molecule has 0 radical (unpaired) electrons. The number of thioether (sulfide) groups is 1. The number of nitrogens with one attached hydrogen (secondary N) is 1. The van der Waals surface area contributed by atoms with Gasteiger partial charge in [-0.2, -0.15) is 11.8 Å². The molecule has 1 rings (SSSR count). The summed E-state index contributed by atoms with van der Waals surface area (Å²) in [6, 6.07) is 8.03. The molecule has 2 atom stereocenters. The summed E-state index contributed by atoms with van der Waals surface area (Å²) in [5.74, 6) is -0.224. The molecule has 116 valence electrons. The van der Waals surface area contributed by atoms with E-state index in [0.717, 1.165) is 11.3 Å². The number of rotatable bonds is 7. The van der Waals surface area contributed by atoms with Gasteiger partial charge in [0.05, 0.1) is 0 Å². The zero-order valence-electron chi connectivity index (χ0n) is 12.6. The fourth-order valence-electron chi connectivity index (χ4n) is 1.85. The van der Waals surface area contributed by atoms with Gasteiger partial charge in [0.1, 0.15) is 6.04 Å². The fraction of sp³-hybridized carbons (Fsp3) is 0.467. The molecule has 1 aromatic rings. The summed E-state index contributed by atoms with van der Waals surface area (Å²) in [5, 5.41) is 11.9. The van der Waals surface area contributed by atoms with Crippen LogP contribution in [0.1, 0.15) is 12.5 Å². The third-order valence-corrected chi connectivity index (χ3v) is 4.08. The molecule has 0 spiro atoms. The van der Waals surface area contributed by atoms with Crippen LogP contribution >= 0.6 is 11.8 Å². The fourth-order valence-corrected chi connectivity index (χ4v) is 2.56. The monoisotopic (exact) mass is 310 g/mol. The van der Waals surface area contributed by atoms with E-state index in [2.05, 4.69) is 5.32 Å². The van der Waals surface area contributed by atoms with Crippen LogP contribution < -0.4 is 5.32 Å². The maximum absolute atomic E-state index is 12.1. The van der Waals surface area contributed by atoms with Crippen molar-refractivity contribution in [3.05, 3.63) is 35.9 Å². The summed E-state index contributed by atoms with van der Waals surface area (Å²) in [6.45, 7) is 1.93. The number of carbonyl (C=O) groups is 2. The molecule has 0 aliphatic heterocycles. The van der Waals surface area contributed by atoms with E-state index in [1.807, 2.05) is 43.5 Å². The van der Waals surface area contributed by atoms with Crippen molar-refractivity contribution in [3.8, 4) is 0 Å². The van der Waals surface area contributed by atoms with Crippen LogP contribution in [0.5, 0.6) is 0 Å². The molecule has 1 unspecified atom stereocenters. The molecular formula is C15H22N2O3S. The molecule has 0 aromatic heterocycles. The highest BCUT2D eigenvalue weighted by atomic mass is 32.2. The zero-order chi connectivity index (χ0) is 15.8. The van der Waals surface area contributed by atoms with Crippen molar-refractivity contribution >= 4 is 23.8 Å². The Morgan fingerprint density at radius 3 is 2.48 bits per heavy atom. The maximum atomic E-state index is 12.1. The second kappa shape index (κ2) is 8.56. The molecule has 0 aliphatic rings. The standard InChI is InChI=1S/C15H22N2O3S/c1-11(10-21-3)17(2)15(20)16-13(14(18)19)9-12-7-5-4-6-8-12/h4-8,11,13H,9-10H2,1-3H3,(H,16,20)(H,18,19)/t11?,13-/m1/s1. The van der Waals surface area contributed by atoms with Crippen molar-refractivity contribution in [2.45, 2.75) is 25.4 Å². The van der Waals surface area contributed by atoms with Crippen molar-refractivity contribution < 1.29 is 14.7 Å². The molecule has 2 amide bonds. The van der Waals surface area contributed by atoms with Gasteiger partial charge >= 0.3 is 12.0 Å². The van der Waals surface area contributed by atoms with E-state index in [0.29, 0.717) is 0 Å². The van der Waals surface area contributed by atoms with Crippen LogP contribution in [0, 0.1) is 0 Å². The summed E-state index contributed by atoms with van der Waals surface area (Å²) < 4.78 is 0. The Morgan fingerprint density at radius 1 is 1.33 bits per heavy atom. The van der Waals surface area contributed by atoms with Crippen LogP contribution in [0.4, 0.5) is 4.79 Å². The van der Waals surface area contributed by atoms with Crippen LogP contribution in [0.2, 0.25) is 0 Å². The summed E-state index contributed by atoms with van der Waals surface area (Å²) in [6.07, 6.45) is 2.24. The predicted octanol–water partition coefficient (Wildman–Crippen LogP) is 2.08. The van der Waals surface area contributed by atoms with E-state index in [1.54, 1.807) is 18.8 Å². The Balaban J connectivity index is 2.66. The number of carboxylic acids is 1. The number of aliphatic carboxylic acids is 1. The average Bonchev–Trinajstić information content (AvgIpc) is 2.46. The molecule has 0 heterocycles.